The third kappa shape index (κ3) is 6.53. The van der Waals surface area contributed by atoms with Crippen LogP contribution in [-0.2, 0) is 22.7 Å². The number of quaternary nitrogens is 1. The van der Waals surface area contributed by atoms with E-state index in [4.69, 9.17) is 0 Å². The summed E-state index contributed by atoms with van der Waals surface area (Å²) in [6, 6.07) is 20.4. The second-order valence-electron chi connectivity index (χ2n) is 7.37. The van der Waals surface area contributed by atoms with Crippen LogP contribution < -0.4 is 10.2 Å². The molecule has 2 N–H and O–H groups in total. The van der Waals surface area contributed by atoms with E-state index in [-0.39, 0.29) is 11.8 Å². The van der Waals surface area contributed by atoms with Crippen LogP contribution >= 0.6 is 0 Å². The summed E-state index contributed by atoms with van der Waals surface area (Å²) in [5.41, 5.74) is 2.21. The highest BCUT2D eigenvalue weighted by molar-refractivity contribution is 5.79. The fraction of sp³-hybridized carbons (Fsp3) is 0.364. The molecule has 142 valence electrons. The van der Waals surface area contributed by atoms with Gasteiger partial charge in [-0.15, -0.1) is 0 Å². The number of likely N-dealkylation sites (N-methyl/N-ethyl adjacent to an activating group) is 1. The first-order valence-electron chi connectivity index (χ1n) is 9.56. The van der Waals surface area contributed by atoms with Crippen molar-refractivity contribution in [2.75, 3.05) is 20.1 Å². The molecular weight excluding hydrogens is 338 g/mol. The highest BCUT2D eigenvalue weighted by atomic mass is 16.2. The molecular formula is C22H28N3O2+. The van der Waals surface area contributed by atoms with Gasteiger partial charge in [0.1, 0.15) is 0 Å². The van der Waals surface area contributed by atoms with E-state index in [0.717, 1.165) is 28.9 Å². The molecule has 1 unspecified atom stereocenters. The van der Waals surface area contributed by atoms with Crippen molar-refractivity contribution in [3.05, 3.63) is 71.8 Å². The van der Waals surface area contributed by atoms with Crippen LogP contribution in [0, 0.1) is 0 Å². The first-order valence-corrected chi connectivity index (χ1v) is 9.56. The van der Waals surface area contributed by atoms with Gasteiger partial charge in [0.25, 0.3) is 11.8 Å². The minimum absolute atomic E-state index is 0.0282. The molecule has 0 heterocycles. The highest BCUT2D eigenvalue weighted by Gasteiger charge is 2.25. The van der Waals surface area contributed by atoms with Gasteiger partial charge in [-0.2, -0.15) is 0 Å². The minimum atomic E-state index is 0.0282. The van der Waals surface area contributed by atoms with E-state index in [1.807, 2.05) is 72.6 Å². The van der Waals surface area contributed by atoms with Gasteiger partial charge in [-0.3, -0.25) is 9.59 Å². The number of amides is 2. The van der Waals surface area contributed by atoms with Gasteiger partial charge in [0.2, 0.25) is 0 Å². The normalized spacial score (nSPS) is 14.4. The summed E-state index contributed by atoms with van der Waals surface area (Å²) in [5.74, 6) is 0.0832. The number of carbonyl (C=O) groups excluding carboxylic acids is 2. The van der Waals surface area contributed by atoms with Gasteiger partial charge in [0, 0.05) is 19.1 Å². The zero-order valence-corrected chi connectivity index (χ0v) is 15.9. The molecule has 2 aromatic rings. The molecule has 3 rings (SSSR count). The van der Waals surface area contributed by atoms with Gasteiger partial charge in [-0.1, -0.05) is 60.7 Å². The molecule has 0 spiro atoms. The van der Waals surface area contributed by atoms with E-state index in [1.54, 1.807) is 0 Å². The number of benzene rings is 2. The monoisotopic (exact) mass is 366 g/mol. The van der Waals surface area contributed by atoms with Gasteiger partial charge in [0.05, 0.1) is 7.05 Å². The van der Waals surface area contributed by atoms with E-state index >= 15 is 0 Å². The van der Waals surface area contributed by atoms with Crippen molar-refractivity contribution in [2.45, 2.75) is 32.0 Å². The number of carbonyl (C=O) groups is 2. The van der Waals surface area contributed by atoms with Crippen molar-refractivity contribution in [1.82, 2.24) is 10.2 Å². The van der Waals surface area contributed by atoms with Crippen LogP contribution in [0.5, 0.6) is 0 Å². The Morgan fingerprint density at radius 2 is 1.44 bits per heavy atom. The highest BCUT2D eigenvalue weighted by Crippen LogP contribution is 2.18. The van der Waals surface area contributed by atoms with Crippen molar-refractivity contribution in [1.29, 1.82) is 0 Å². The summed E-state index contributed by atoms with van der Waals surface area (Å²) < 4.78 is 0. The summed E-state index contributed by atoms with van der Waals surface area (Å²) in [4.78, 5) is 27.7. The minimum Gasteiger partial charge on any atom is -0.348 e. The Labute approximate surface area is 161 Å². The van der Waals surface area contributed by atoms with Crippen LogP contribution in [0.4, 0.5) is 0 Å². The number of hydrogen-bond donors (Lipinski definition) is 2. The van der Waals surface area contributed by atoms with Gasteiger partial charge < -0.3 is 15.1 Å². The quantitative estimate of drug-likeness (QED) is 0.696. The molecule has 0 aliphatic heterocycles. The molecule has 2 aromatic carbocycles. The molecule has 27 heavy (non-hydrogen) atoms. The molecule has 1 atom stereocenters. The summed E-state index contributed by atoms with van der Waals surface area (Å²) in [6.07, 6.45) is 2.15. The van der Waals surface area contributed by atoms with Crippen LogP contribution in [0.25, 0.3) is 0 Å². The van der Waals surface area contributed by atoms with Crippen molar-refractivity contribution in [3.8, 4) is 0 Å². The first-order chi connectivity index (χ1) is 13.1. The summed E-state index contributed by atoms with van der Waals surface area (Å²) in [7, 11) is 1.90. The standard InChI is InChI=1S/C22H27N3O2/c1-24(16-21(26)23-20-12-13-20)17-22(27)25(14-18-8-4-2-5-9-18)15-19-10-6-3-7-11-19/h2-11,20H,12-17H2,1H3,(H,23,26)/p+1. The average molecular weight is 366 g/mol. The number of nitrogens with one attached hydrogen (secondary N) is 2. The lowest BCUT2D eigenvalue weighted by molar-refractivity contribution is -0.863. The van der Waals surface area contributed by atoms with Crippen molar-refractivity contribution in [3.63, 3.8) is 0 Å². The molecule has 1 aliphatic rings. The predicted octanol–water partition coefficient (Wildman–Crippen LogP) is 1.01. The molecule has 1 aliphatic carbocycles. The van der Waals surface area contributed by atoms with Crippen LogP contribution in [0.1, 0.15) is 24.0 Å². The van der Waals surface area contributed by atoms with Crippen molar-refractivity contribution >= 4 is 11.8 Å². The Balaban J connectivity index is 1.61. The second kappa shape index (κ2) is 9.33. The molecule has 1 fully saturated rings. The SMILES string of the molecule is C[NH+](CC(=O)NC1CC1)CC(=O)N(Cc1ccccc1)Cc1ccccc1. The zero-order chi connectivity index (χ0) is 19.1. The average Bonchev–Trinajstić information content (AvgIpc) is 3.46. The van der Waals surface area contributed by atoms with E-state index in [2.05, 4.69) is 5.32 Å². The van der Waals surface area contributed by atoms with Crippen molar-refractivity contribution < 1.29 is 14.5 Å². The van der Waals surface area contributed by atoms with Crippen LogP contribution in [-0.4, -0.2) is 42.9 Å². The smallest absolute Gasteiger partial charge is 0.278 e. The Kier molecular flexibility index (Phi) is 6.60. The van der Waals surface area contributed by atoms with Crippen LogP contribution in [0.2, 0.25) is 0 Å². The lowest BCUT2D eigenvalue weighted by Gasteiger charge is -2.24. The van der Waals surface area contributed by atoms with Gasteiger partial charge in [0.15, 0.2) is 13.1 Å². The molecule has 0 radical (unpaired) electrons. The largest absolute Gasteiger partial charge is 0.348 e. The Bertz CT molecular complexity index is 703. The van der Waals surface area contributed by atoms with Crippen LogP contribution in [0.3, 0.4) is 0 Å². The van der Waals surface area contributed by atoms with Gasteiger partial charge in [-0.25, -0.2) is 0 Å². The fourth-order valence-electron chi connectivity index (χ4n) is 3.05. The molecule has 0 bridgehead atoms. The van der Waals surface area contributed by atoms with E-state index in [0.29, 0.717) is 32.2 Å². The third-order valence-electron chi connectivity index (χ3n) is 4.64. The molecule has 5 nitrogen and oxygen atoms in total. The van der Waals surface area contributed by atoms with Crippen LogP contribution in [0.15, 0.2) is 60.7 Å². The fourth-order valence-corrected chi connectivity index (χ4v) is 3.05. The lowest BCUT2D eigenvalue weighted by atomic mass is 10.1. The van der Waals surface area contributed by atoms with E-state index in [1.165, 1.54) is 0 Å². The summed E-state index contributed by atoms with van der Waals surface area (Å²) in [6.45, 7) is 1.76. The second-order valence-corrected chi connectivity index (χ2v) is 7.37. The number of nitrogens with zero attached hydrogens (tertiary/aromatic N) is 1. The molecule has 2 amide bonds. The zero-order valence-electron chi connectivity index (χ0n) is 15.9. The lowest BCUT2D eigenvalue weighted by Crippen LogP contribution is -3.11. The predicted molar refractivity (Wildman–Crippen MR) is 105 cm³/mol. The van der Waals surface area contributed by atoms with Gasteiger partial charge >= 0.3 is 0 Å². The maximum absolute atomic E-state index is 13.0. The van der Waals surface area contributed by atoms with E-state index < -0.39 is 0 Å². The topological polar surface area (TPSA) is 53.9 Å². The Morgan fingerprint density at radius 1 is 0.926 bits per heavy atom. The number of rotatable bonds is 9. The summed E-state index contributed by atoms with van der Waals surface area (Å²) >= 11 is 0. The first kappa shape index (κ1) is 19.1. The molecule has 0 saturated heterocycles. The molecule has 0 aromatic heterocycles. The summed E-state index contributed by atoms with van der Waals surface area (Å²) in [5, 5.41) is 2.98. The Hall–Kier alpha value is -2.66. The molecule has 1 saturated carbocycles. The molecule has 5 heteroatoms. The van der Waals surface area contributed by atoms with Gasteiger partial charge in [-0.05, 0) is 24.0 Å². The third-order valence-corrected chi connectivity index (χ3v) is 4.64. The number of hydrogen-bond acceptors (Lipinski definition) is 2. The Morgan fingerprint density at radius 3 is 1.93 bits per heavy atom. The van der Waals surface area contributed by atoms with E-state index in [9.17, 15) is 9.59 Å². The maximum Gasteiger partial charge on any atom is 0.278 e. The maximum atomic E-state index is 13.0. The van der Waals surface area contributed by atoms with Crippen molar-refractivity contribution in [2.24, 2.45) is 0 Å².